The lowest BCUT2D eigenvalue weighted by Gasteiger charge is -2.14. The summed E-state index contributed by atoms with van der Waals surface area (Å²) in [7, 11) is 1.57. The summed E-state index contributed by atoms with van der Waals surface area (Å²) in [6.45, 7) is 1.81. The Morgan fingerprint density at radius 3 is 2.23 bits per heavy atom. The molecule has 0 fully saturated rings. The highest BCUT2D eigenvalue weighted by Gasteiger charge is 2.29. The number of rotatable bonds is 6. The van der Waals surface area contributed by atoms with Gasteiger partial charge in [0.15, 0.2) is 0 Å². The predicted molar refractivity (Wildman–Crippen MR) is 120 cm³/mol. The summed E-state index contributed by atoms with van der Waals surface area (Å²) >= 11 is 0. The van der Waals surface area contributed by atoms with Gasteiger partial charge in [0.2, 0.25) is 0 Å². The van der Waals surface area contributed by atoms with Gasteiger partial charge < -0.3 is 9.84 Å². The standard InChI is InChI=1S/C26H23NO4/c1-17-24(22(26(29)30)15-18-9-5-3-6-10-18)21-16-20(31-2)13-14-23(21)27(17)25(28)19-11-7-4-8-12-19/h3-14,16,22H,15H2,1-2H3,(H,29,30). The predicted octanol–water partition coefficient (Wildman–Crippen LogP) is 5.06. The summed E-state index contributed by atoms with van der Waals surface area (Å²) in [5.74, 6) is -1.31. The lowest BCUT2D eigenvalue weighted by atomic mass is 9.90. The summed E-state index contributed by atoms with van der Waals surface area (Å²) in [5.41, 5.74) is 3.39. The summed E-state index contributed by atoms with van der Waals surface area (Å²) in [4.78, 5) is 25.8. The number of ether oxygens (including phenoxy) is 1. The van der Waals surface area contributed by atoms with Gasteiger partial charge in [0, 0.05) is 16.6 Å². The summed E-state index contributed by atoms with van der Waals surface area (Å²) in [6, 6.07) is 23.9. The van der Waals surface area contributed by atoms with Gasteiger partial charge in [-0.05, 0) is 54.8 Å². The second-order valence-electron chi connectivity index (χ2n) is 7.47. The molecule has 0 aliphatic carbocycles. The molecule has 1 N–H and O–H groups in total. The van der Waals surface area contributed by atoms with Gasteiger partial charge in [0.05, 0.1) is 18.5 Å². The van der Waals surface area contributed by atoms with Crippen molar-refractivity contribution in [2.24, 2.45) is 0 Å². The van der Waals surface area contributed by atoms with E-state index >= 15 is 0 Å². The van der Waals surface area contributed by atoms with Crippen molar-refractivity contribution in [1.82, 2.24) is 4.57 Å². The van der Waals surface area contributed by atoms with Crippen LogP contribution in [0.15, 0.2) is 78.9 Å². The number of nitrogens with zero attached hydrogens (tertiary/aromatic N) is 1. The van der Waals surface area contributed by atoms with Crippen LogP contribution in [0.4, 0.5) is 0 Å². The second kappa shape index (κ2) is 8.48. The lowest BCUT2D eigenvalue weighted by Crippen LogP contribution is -2.17. The van der Waals surface area contributed by atoms with Crippen molar-refractivity contribution in [1.29, 1.82) is 0 Å². The first-order valence-corrected chi connectivity index (χ1v) is 10.1. The Morgan fingerprint density at radius 2 is 1.61 bits per heavy atom. The number of hydrogen-bond acceptors (Lipinski definition) is 3. The third-order valence-electron chi connectivity index (χ3n) is 5.61. The fourth-order valence-corrected chi connectivity index (χ4v) is 4.12. The van der Waals surface area contributed by atoms with E-state index in [0.717, 1.165) is 5.56 Å². The maximum absolute atomic E-state index is 13.4. The Kier molecular flexibility index (Phi) is 5.58. The van der Waals surface area contributed by atoms with E-state index in [2.05, 4.69) is 0 Å². The Balaban J connectivity index is 1.94. The van der Waals surface area contributed by atoms with Gasteiger partial charge in [-0.15, -0.1) is 0 Å². The molecule has 1 aromatic heterocycles. The van der Waals surface area contributed by atoms with Crippen LogP contribution in [0.5, 0.6) is 5.75 Å². The number of carbonyl (C=O) groups is 2. The van der Waals surface area contributed by atoms with Crippen molar-refractivity contribution in [3.8, 4) is 5.75 Å². The quantitative estimate of drug-likeness (QED) is 0.480. The van der Waals surface area contributed by atoms with Crippen LogP contribution >= 0.6 is 0 Å². The molecule has 0 aliphatic heterocycles. The average molecular weight is 413 g/mol. The Labute approximate surface area is 180 Å². The first kappa shape index (κ1) is 20.4. The minimum Gasteiger partial charge on any atom is -0.497 e. The smallest absolute Gasteiger partial charge is 0.311 e. The van der Waals surface area contributed by atoms with Gasteiger partial charge in [0.1, 0.15) is 5.75 Å². The number of carboxylic acid groups (broad SMARTS) is 1. The zero-order chi connectivity index (χ0) is 22.0. The number of hydrogen-bond donors (Lipinski definition) is 1. The van der Waals surface area contributed by atoms with E-state index < -0.39 is 11.9 Å². The maximum atomic E-state index is 13.4. The minimum absolute atomic E-state index is 0.191. The molecule has 0 saturated heterocycles. The largest absolute Gasteiger partial charge is 0.497 e. The molecule has 3 aromatic carbocycles. The molecule has 0 aliphatic rings. The molecule has 1 atom stereocenters. The number of carboxylic acids is 1. The van der Waals surface area contributed by atoms with Crippen LogP contribution in [0.25, 0.3) is 10.9 Å². The van der Waals surface area contributed by atoms with Gasteiger partial charge in [-0.2, -0.15) is 0 Å². The van der Waals surface area contributed by atoms with Crippen molar-refractivity contribution >= 4 is 22.8 Å². The molecule has 5 heteroatoms. The molecule has 0 saturated carbocycles. The number of carbonyl (C=O) groups excluding carboxylic acids is 1. The van der Waals surface area contributed by atoms with Gasteiger partial charge in [-0.1, -0.05) is 48.5 Å². The van der Waals surface area contributed by atoms with Crippen molar-refractivity contribution in [2.45, 2.75) is 19.3 Å². The topological polar surface area (TPSA) is 68.5 Å². The van der Waals surface area contributed by atoms with Crippen molar-refractivity contribution < 1.29 is 19.4 Å². The van der Waals surface area contributed by atoms with E-state index in [0.29, 0.717) is 39.9 Å². The molecule has 5 nitrogen and oxygen atoms in total. The normalized spacial score (nSPS) is 11.9. The number of fused-ring (bicyclic) bond motifs is 1. The number of methoxy groups -OCH3 is 1. The van der Waals surface area contributed by atoms with Gasteiger partial charge in [-0.25, -0.2) is 0 Å². The molecule has 0 radical (unpaired) electrons. The maximum Gasteiger partial charge on any atom is 0.311 e. The molecule has 4 aromatic rings. The molecule has 0 spiro atoms. The van der Waals surface area contributed by atoms with Crippen molar-refractivity contribution in [3.63, 3.8) is 0 Å². The summed E-state index contributed by atoms with van der Waals surface area (Å²) in [5, 5.41) is 10.9. The van der Waals surface area contributed by atoms with Gasteiger partial charge in [0.25, 0.3) is 5.91 Å². The van der Waals surface area contributed by atoms with Crippen LogP contribution in [-0.4, -0.2) is 28.7 Å². The average Bonchev–Trinajstić information content (AvgIpc) is 3.08. The number of aromatic nitrogens is 1. The zero-order valence-electron chi connectivity index (χ0n) is 17.4. The SMILES string of the molecule is COc1ccc2c(c1)c(C(Cc1ccccc1)C(=O)O)c(C)n2C(=O)c1ccccc1. The van der Waals surface area contributed by atoms with E-state index in [1.807, 2.05) is 67.6 Å². The lowest BCUT2D eigenvalue weighted by molar-refractivity contribution is -0.138. The highest BCUT2D eigenvalue weighted by Crippen LogP contribution is 2.36. The molecular formula is C26H23NO4. The molecule has 31 heavy (non-hydrogen) atoms. The molecule has 0 amide bonds. The first-order valence-electron chi connectivity index (χ1n) is 10.1. The van der Waals surface area contributed by atoms with Crippen LogP contribution in [0.1, 0.15) is 33.1 Å². The number of benzene rings is 3. The fraction of sp³-hybridized carbons (Fsp3) is 0.154. The Morgan fingerprint density at radius 1 is 0.968 bits per heavy atom. The van der Waals surface area contributed by atoms with Crippen LogP contribution in [-0.2, 0) is 11.2 Å². The van der Waals surface area contributed by atoms with Crippen LogP contribution < -0.4 is 4.74 Å². The van der Waals surface area contributed by atoms with Crippen LogP contribution in [0, 0.1) is 6.92 Å². The zero-order valence-corrected chi connectivity index (χ0v) is 17.4. The summed E-state index contributed by atoms with van der Waals surface area (Å²) < 4.78 is 7.00. The van der Waals surface area contributed by atoms with E-state index in [1.165, 1.54) is 0 Å². The highest BCUT2D eigenvalue weighted by molar-refractivity contribution is 6.05. The molecule has 0 bridgehead atoms. The van der Waals surface area contributed by atoms with E-state index in [9.17, 15) is 14.7 Å². The molecule has 1 heterocycles. The van der Waals surface area contributed by atoms with E-state index in [-0.39, 0.29) is 5.91 Å². The first-order chi connectivity index (χ1) is 15.0. The molecular weight excluding hydrogens is 390 g/mol. The Bertz CT molecular complexity index is 1240. The molecule has 4 rings (SSSR count). The monoisotopic (exact) mass is 413 g/mol. The third-order valence-corrected chi connectivity index (χ3v) is 5.61. The fourth-order valence-electron chi connectivity index (χ4n) is 4.12. The van der Waals surface area contributed by atoms with Crippen molar-refractivity contribution in [3.05, 3.63) is 101 Å². The minimum atomic E-state index is -0.930. The third kappa shape index (κ3) is 3.82. The second-order valence-corrected chi connectivity index (χ2v) is 7.47. The van der Waals surface area contributed by atoms with Crippen LogP contribution in [0.2, 0.25) is 0 Å². The van der Waals surface area contributed by atoms with Crippen LogP contribution in [0.3, 0.4) is 0 Å². The van der Waals surface area contributed by atoms with E-state index in [1.54, 1.807) is 29.9 Å². The molecule has 1 unspecified atom stereocenters. The molecule has 156 valence electrons. The highest BCUT2D eigenvalue weighted by atomic mass is 16.5. The van der Waals surface area contributed by atoms with Gasteiger partial charge >= 0.3 is 5.97 Å². The van der Waals surface area contributed by atoms with Crippen molar-refractivity contribution in [2.75, 3.05) is 7.11 Å². The van der Waals surface area contributed by atoms with E-state index in [4.69, 9.17) is 4.74 Å². The Hall–Kier alpha value is -3.86. The number of aliphatic carboxylic acids is 1. The summed E-state index contributed by atoms with van der Waals surface area (Å²) in [6.07, 6.45) is 0.326. The van der Waals surface area contributed by atoms with Gasteiger partial charge in [-0.3, -0.25) is 14.2 Å².